The van der Waals surface area contributed by atoms with Crippen LogP contribution < -0.4 is 10.6 Å². The third kappa shape index (κ3) is 4.76. The summed E-state index contributed by atoms with van der Waals surface area (Å²) in [5.74, 6) is -1.01. The first-order valence-electron chi connectivity index (χ1n) is 9.39. The molecule has 1 aliphatic rings. The van der Waals surface area contributed by atoms with Crippen molar-refractivity contribution in [3.8, 4) is 0 Å². The van der Waals surface area contributed by atoms with E-state index in [1.54, 1.807) is 4.90 Å². The second-order valence-corrected chi connectivity index (χ2v) is 7.17. The Labute approximate surface area is 164 Å². The van der Waals surface area contributed by atoms with E-state index in [0.717, 1.165) is 22.4 Å². The Bertz CT molecular complexity index is 880. The Balaban J connectivity index is 1.49. The van der Waals surface area contributed by atoms with Gasteiger partial charge in [0.2, 0.25) is 17.7 Å². The highest BCUT2D eigenvalue weighted by Crippen LogP contribution is 2.20. The second kappa shape index (κ2) is 8.69. The lowest BCUT2D eigenvalue weighted by Gasteiger charge is -2.16. The van der Waals surface area contributed by atoms with Crippen LogP contribution in [0.25, 0.3) is 0 Å². The van der Waals surface area contributed by atoms with Gasteiger partial charge in [-0.3, -0.25) is 14.4 Å². The molecule has 1 heterocycles. The Morgan fingerprint density at radius 2 is 1.82 bits per heavy atom. The molecule has 0 aromatic heterocycles. The molecule has 6 nitrogen and oxygen atoms in total. The minimum atomic E-state index is -0.426. The van der Waals surface area contributed by atoms with Gasteiger partial charge in [-0.2, -0.15) is 0 Å². The molecule has 3 rings (SSSR count). The molecule has 0 saturated carbocycles. The number of hydrogen-bond acceptors (Lipinski definition) is 3. The fourth-order valence-corrected chi connectivity index (χ4v) is 3.30. The highest BCUT2D eigenvalue weighted by molar-refractivity contribution is 5.96. The highest BCUT2D eigenvalue weighted by Gasteiger charge is 2.34. The van der Waals surface area contributed by atoms with Gasteiger partial charge in [0, 0.05) is 25.2 Å². The normalized spacial score (nSPS) is 16.1. The van der Waals surface area contributed by atoms with Gasteiger partial charge in [-0.1, -0.05) is 42.5 Å². The second-order valence-electron chi connectivity index (χ2n) is 7.17. The van der Waals surface area contributed by atoms with E-state index in [4.69, 9.17) is 0 Å². The molecule has 2 aromatic carbocycles. The summed E-state index contributed by atoms with van der Waals surface area (Å²) in [6, 6.07) is 15.4. The average Bonchev–Trinajstić information content (AvgIpc) is 3.05. The van der Waals surface area contributed by atoms with Crippen LogP contribution in [0.1, 0.15) is 23.1 Å². The number of likely N-dealkylation sites (tertiary alicyclic amines) is 1. The Kier molecular flexibility index (Phi) is 6.09. The Morgan fingerprint density at radius 3 is 2.57 bits per heavy atom. The Morgan fingerprint density at radius 1 is 1.07 bits per heavy atom. The van der Waals surface area contributed by atoms with Gasteiger partial charge < -0.3 is 15.5 Å². The van der Waals surface area contributed by atoms with Gasteiger partial charge in [-0.25, -0.2) is 0 Å². The SMILES string of the molecule is Cc1cccc(NC(=O)CNC(=O)[C@@H]2CC(=O)N(Cc3ccccc3)C2)c1C. The summed E-state index contributed by atoms with van der Waals surface area (Å²) >= 11 is 0. The van der Waals surface area contributed by atoms with Crippen molar-refractivity contribution in [1.29, 1.82) is 0 Å². The summed E-state index contributed by atoms with van der Waals surface area (Å²) in [6.07, 6.45) is 0.178. The molecule has 28 heavy (non-hydrogen) atoms. The molecule has 3 amide bonds. The van der Waals surface area contributed by atoms with Crippen molar-refractivity contribution in [1.82, 2.24) is 10.2 Å². The van der Waals surface area contributed by atoms with Crippen LogP contribution in [-0.4, -0.2) is 35.7 Å². The number of benzene rings is 2. The van der Waals surface area contributed by atoms with Gasteiger partial charge >= 0.3 is 0 Å². The van der Waals surface area contributed by atoms with Gasteiger partial charge in [0.25, 0.3) is 0 Å². The summed E-state index contributed by atoms with van der Waals surface area (Å²) in [7, 11) is 0. The van der Waals surface area contributed by atoms with E-state index < -0.39 is 5.92 Å². The highest BCUT2D eigenvalue weighted by atomic mass is 16.2. The van der Waals surface area contributed by atoms with E-state index in [1.807, 2.05) is 62.4 Å². The molecule has 0 spiro atoms. The van der Waals surface area contributed by atoms with Crippen molar-refractivity contribution in [2.45, 2.75) is 26.8 Å². The largest absolute Gasteiger partial charge is 0.347 e. The lowest BCUT2D eigenvalue weighted by molar-refractivity contribution is -0.129. The van der Waals surface area contributed by atoms with Gasteiger partial charge in [-0.15, -0.1) is 0 Å². The number of anilines is 1. The van der Waals surface area contributed by atoms with Crippen LogP contribution >= 0.6 is 0 Å². The van der Waals surface area contributed by atoms with Gasteiger partial charge in [0.1, 0.15) is 0 Å². The van der Waals surface area contributed by atoms with Gasteiger partial charge in [-0.05, 0) is 36.6 Å². The number of nitrogens with zero attached hydrogens (tertiary/aromatic N) is 1. The lowest BCUT2D eigenvalue weighted by Crippen LogP contribution is -2.37. The molecule has 1 fully saturated rings. The van der Waals surface area contributed by atoms with Crippen molar-refractivity contribution in [2.75, 3.05) is 18.4 Å². The molecule has 2 N–H and O–H groups in total. The summed E-state index contributed by atoms with van der Waals surface area (Å²) in [4.78, 5) is 38.5. The fraction of sp³-hybridized carbons (Fsp3) is 0.318. The number of aryl methyl sites for hydroxylation is 1. The fourth-order valence-electron chi connectivity index (χ4n) is 3.30. The number of carbonyl (C=O) groups is 3. The van der Waals surface area contributed by atoms with Crippen LogP contribution in [0.4, 0.5) is 5.69 Å². The van der Waals surface area contributed by atoms with Crippen LogP contribution in [-0.2, 0) is 20.9 Å². The molecule has 1 saturated heterocycles. The number of nitrogens with one attached hydrogen (secondary N) is 2. The molecular weight excluding hydrogens is 354 g/mol. The average molecular weight is 379 g/mol. The van der Waals surface area contributed by atoms with E-state index in [-0.39, 0.29) is 30.7 Å². The molecule has 1 aliphatic heterocycles. The van der Waals surface area contributed by atoms with E-state index >= 15 is 0 Å². The summed E-state index contributed by atoms with van der Waals surface area (Å²) in [6.45, 7) is 4.67. The number of carbonyl (C=O) groups excluding carboxylic acids is 3. The molecule has 0 radical (unpaired) electrons. The first-order valence-corrected chi connectivity index (χ1v) is 9.39. The van der Waals surface area contributed by atoms with Gasteiger partial charge in [0.05, 0.1) is 12.5 Å². The topological polar surface area (TPSA) is 78.5 Å². The first kappa shape index (κ1) is 19.6. The van der Waals surface area contributed by atoms with E-state index in [9.17, 15) is 14.4 Å². The zero-order valence-corrected chi connectivity index (χ0v) is 16.2. The standard InChI is InChI=1S/C22H25N3O3/c1-15-7-6-10-19(16(15)2)24-20(26)12-23-22(28)18-11-21(27)25(14-18)13-17-8-4-3-5-9-17/h3-10,18H,11-14H2,1-2H3,(H,23,28)(H,24,26)/t18-/m1/s1. The van der Waals surface area contributed by atoms with Crippen LogP contribution in [0, 0.1) is 19.8 Å². The molecule has 0 bridgehead atoms. The molecule has 6 heteroatoms. The summed E-state index contributed by atoms with van der Waals surface area (Å²) in [5.41, 5.74) is 3.86. The maximum atomic E-state index is 12.4. The molecular formula is C22H25N3O3. The predicted octanol–water partition coefficient (Wildman–Crippen LogP) is 2.41. The van der Waals surface area contributed by atoms with Crippen molar-refractivity contribution < 1.29 is 14.4 Å². The van der Waals surface area contributed by atoms with Crippen LogP contribution in [0.2, 0.25) is 0 Å². The zero-order chi connectivity index (χ0) is 20.1. The number of rotatable bonds is 6. The third-order valence-electron chi connectivity index (χ3n) is 5.10. The van der Waals surface area contributed by atoms with Crippen LogP contribution in [0.3, 0.4) is 0 Å². The van der Waals surface area contributed by atoms with Crippen molar-refractivity contribution in [2.24, 2.45) is 5.92 Å². The van der Waals surface area contributed by atoms with Crippen LogP contribution in [0.5, 0.6) is 0 Å². The zero-order valence-electron chi connectivity index (χ0n) is 16.2. The van der Waals surface area contributed by atoms with Crippen molar-refractivity contribution in [3.05, 3.63) is 65.2 Å². The first-order chi connectivity index (χ1) is 13.4. The van der Waals surface area contributed by atoms with Crippen LogP contribution in [0.15, 0.2) is 48.5 Å². The molecule has 146 valence electrons. The maximum absolute atomic E-state index is 12.4. The smallest absolute Gasteiger partial charge is 0.243 e. The Hall–Kier alpha value is -3.15. The minimum Gasteiger partial charge on any atom is -0.347 e. The van der Waals surface area contributed by atoms with Crippen molar-refractivity contribution >= 4 is 23.4 Å². The van der Waals surface area contributed by atoms with E-state index in [2.05, 4.69) is 10.6 Å². The maximum Gasteiger partial charge on any atom is 0.243 e. The van der Waals surface area contributed by atoms with Gasteiger partial charge in [0.15, 0.2) is 0 Å². The summed E-state index contributed by atoms with van der Waals surface area (Å²) < 4.78 is 0. The molecule has 2 aromatic rings. The predicted molar refractivity (Wildman–Crippen MR) is 108 cm³/mol. The van der Waals surface area contributed by atoms with E-state index in [0.29, 0.717) is 13.1 Å². The third-order valence-corrected chi connectivity index (χ3v) is 5.10. The number of amides is 3. The molecule has 0 unspecified atom stereocenters. The summed E-state index contributed by atoms with van der Waals surface area (Å²) in [5, 5.41) is 5.47. The molecule has 1 atom stereocenters. The number of hydrogen-bond donors (Lipinski definition) is 2. The van der Waals surface area contributed by atoms with Crippen molar-refractivity contribution in [3.63, 3.8) is 0 Å². The minimum absolute atomic E-state index is 0.0381. The monoisotopic (exact) mass is 379 g/mol. The molecule has 0 aliphatic carbocycles. The lowest BCUT2D eigenvalue weighted by atomic mass is 10.1. The van der Waals surface area contributed by atoms with E-state index in [1.165, 1.54) is 0 Å². The quantitative estimate of drug-likeness (QED) is 0.809.